The minimum Gasteiger partial charge on any atom is -0.372 e. The van der Waals surface area contributed by atoms with Gasteiger partial charge in [0.05, 0.1) is 12.2 Å². The maximum Gasteiger partial charge on any atom is 0.0832 e. The molecular weight excluding hydrogens is 154 g/mol. The zero-order valence-electron chi connectivity index (χ0n) is 7.38. The molecule has 0 aliphatic carbocycles. The van der Waals surface area contributed by atoms with Crippen molar-refractivity contribution in [3.05, 3.63) is 0 Å². The number of hydrogen-bond acceptors (Lipinski definition) is 4. The predicted octanol–water partition coefficient (Wildman–Crippen LogP) is -0.685. The number of hydrazine groups is 1. The van der Waals surface area contributed by atoms with Crippen molar-refractivity contribution in [2.75, 3.05) is 32.8 Å². The van der Waals surface area contributed by atoms with E-state index in [0.717, 1.165) is 45.6 Å². The van der Waals surface area contributed by atoms with Crippen LogP contribution in [0.1, 0.15) is 12.8 Å². The normalized spacial score (nSPS) is 30.8. The summed E-state index contributed by atoms with van der Waals surface area (Å²) in [6.45, 7) is 4.77. The highest BCUT2D eigenvalue weighted by molar-refractivity contribution is 4.90. The maximum atomic E-state index is 5.81. The van der Waals surface area contributed by atoms with E-state index in [0.29, 0.717) is 0 Å². The molecule has 0 aromatic heterocycles. The standard InChI is InChI=1S/C8H17N3O/c9-11-4-1-8(2-5-11)7-10-3-6-12-8/h10H,1-7,9H2. The highest BCUT2D eigenvalue weighted by atomic mass is 16.5. The molecule has 0 aromatic rings. The van der Waals surface area contributed by atoms with Gasteiger partial charge in [0.1, 0.15) is 0 Å². The Kier molecular flexibility index (Phi) is 2.32. The van der Waals surface area contributed by atoms with E-state index < -0.39 is 0 Å². The van der Waals surface area contributed by atoms with E-state index in [1.54, 1.807) is 0 Å². The summed E-state index contributed by atoms with van der Waals surface area (Å²) >= 11 is 0. The van der Waals surface area contributed by atoms with E-state index in [9.17, 15) is 0 Å². The summed E-state index contributed by atoms with van der Waals surface area (Å²) in [6.07, 6.45) is 2.13. The molecule has 4 heteroatoms. The van der Waals surface area contributed by atoms with Gasteiger partial charge < -0.3 is 10.1 Å². The second kappa shape index (κ2) is 3.30. The number of ether oxygens (including phenoxy) is 1. The summed E-state index contributed by atoms with van der Waals surface area (Å²) in [4.78, 5) is 0. The summed E-state index contributed by atoms with van der Waals surface area (Å²) in [7, 11) is 0. The van der Waals surface area contributed by atoms with E-state index in [4.69, 9.17) is 10.6 Å². The zero-order valence-corrected chi connectivity index (χ0v) is 7.38. The third-order valence-electron chi connectivity index (χ3n) is 2.84. The molecule has 0 atom stereocenters. The van der Waals surface area contributed by atoms with Gasteiger partial charge in [-0.1, -0.05) is 0 Å². The van der Waals surface area contributed by atoms with Gasteiger partial charge in [0, 0.05) is 26.2 Å². The van der Waals surface area contributed by atoms with Crippen molar-refractivity contribution in [1.82, 2.24) is 10.3 Å². The zero-order chi connectivity index (χ0) is 8.44. The van der Waals surface area contributed by atoms with Crippen molar-refractivity contribution in [3.63, 3.8) is 0 Å². The lowest BCUT2D eigenvalue weighted by molar-refractivity contribution is -0.0998. The summed E-state index contributed by atoms with van der Waals surface area (Å²) in [5.41, 5.74) is 0.105. The number of rotatable bonds is 0. The molecule has 2 aliphatic heterocycles. The average Bonchev–Trinajstić information content (AvgIpc) is 2.13. The highest BCUT2D eigenvalue weighted by Gasteiger charge is 2.36. The first-order valence-corrected chi connectivity index (χ1v) is 4.65. The van der Waals surface area contributed by atoms with Crippen LogP contribution in [-0.2, 0) is 4.74 Å². The van der Waals surface area contributed by atoms with Gasteiger partial charge in [-0.3, -0.25) is 5.84 Å². The van der Waals surface area contributed by atoms with Crippen LogP contribution >= 0.6 is 0 Å². The van der Waals surface area contributed by atoms with Crippen molar-refractivity contribution >= 4 is 0 Å². The van der Waals surface area contributed by atoms with Crippen LogP contribution in [0.3, 0.4) is 0 Å². The largest absolute Gasteiger partial charge is 0.372 e. The number of hydrogen-bond donors (Lipinski definition) is 2. The third kappa shape index (κ3) is 1.61. The molecular formula is C8H17N3O. The molecule has 0 aromatic carbocycles. The molecule has 0 radical (unpaired) electrons. The van der Waals surface area contributed by atoms with Crippen molar-refractivity contribution in [1.29, 1.82) is 0 Å². The third-order valence-corrected chi connectivity index (χ3v) is 2.84. The Morgan fingerprint density at radius 2 is 2.08 bits per heavy atom. The van der Waals surface area contributed by atoms with E-state index in [1.807, 2.05) is 5.01 Å². The van der Waals surface area contributed by atoms with Crippen LogP contribution in [0.15, 0.2) is 0 Å². The molecule has 2 heterocycles. The molecule has 12 heavy (non-hydrogen) atoms. The summed E-state index contributed by atoms with van der Waals surface area (Å²) in [5.74, 6) is 5.68. The van der Waals surface area contributed by atoms with Gasteiger partial charge in [-0.2, -0.15) is 0 Å². The van der Waals surface area contributed by atoms with Gasteiger partial charge in [-0.15, -0.1) is 0 Å². The monoisotopic (exact) mass is 171 g/mol. The molecule has 0 unspecified atom stereocenters. The van der Waals surface area contributed by atoms with E-state index in [1.165, 1.54) is 0 Å². The Morgan fingerprint density at radius 3 is 2.67 bits per heavy atom. The molecule has 0 amide bonds. The Bertz CT molecular complexity index is 146. The molecule has 2 fully saturated rings. The van der Waals surface area contributed by atoms with Crippen LogP contribution in [0.2, 0.25) is 0 Å². The van der Waals surface area contributed by atoms with Crippen LogP contribution in [0.5, 0.6) is 0 Å². The van der Waals surface area contributed by atoms with Gasteiger partial charge in [-0.05, 0) is 12.8 Å². The number of nitrogens with two attached hydrogens (primary N) is 1. The van der Waals surface area contributed by atoms with Crippen LogP contribution in [-0.4, -0.2) is 43.4 Å². The first kappa shape index (κ1) is 8.44. The van der Waals surface area contributed by atoms with Crippen LogP contribution < -0.4 is 11.2 Å². The molecule has 70 valence electrons. The summed E-state index contributed by atoms with van der Waals surface area (Å²) < 4.78 is 5.81. The molecule has 2 saturated heterocycles. The topological polar surface area (TPSA) is 50.5 Å². The fraction of sp³-hybridized carbons (Fsp3) is 1.00. The molecule has 4 nitrogen and oxygen atoms in total. The Hall–Kier alpha value is -0.160. The van der Waals surface area contributed by atoms with E-state index >= 15 is 0 Å². The molecule has 2 aliphatic rings. The van der Waals surface area contributed by atoms with Gasteiger partial charge >= 0.3 is 0 Å². The second-order valence-corrected chi connectivity index (χ2v) is 3.74. The Morgan fingerprint density at radius 1 is 1.33 bits per heavy atom. The average molecular weight is 171 g/mol. The molecule has 2 rings (SSSR count). The lowest BCUT2D eigenvalue weighted by Crippen LogP contribution is -2.56. The van der Waals surface area contributed by atoms with Gasteiger partial charge in [0.15, 0.2) is 0 Å². The maximum absolute atomic E-state index is 5.81. The summed E-state index contributed by atoms with van der Waals surface area (Å²) in [6, 6.07) is 0. The fourth-order valence-electron chi connectivity index (χ4n) is 1.96. The Labute approximate surface area is 73.0 Å². The van der Waals surface area contributed by atoms with Gasteiger partial charge in [0.25, 0.3) is 0 Å². The van der Waals surface area contributed by atoms with Crippen LogP contribution in [0.25, 0.3) is 0 Å². The van der Waals surface area contributed by atoms with Gasteiger partial charge in [-0.25, -0.2) is 5.01 Å². The van der Waals surface area contributed by atoms with Crippen molar-refractivity contribution in [2.24, 2.45) is 5.84 Å². The second-order valence-electron chi connectivity index (χ2n) is 3.74. The first-order valence-electron chi connectivity index (χ1n) is 4.65. The summed E-state index contributed by atoms with van der Waals surface area (Å²) in [5, 5.41) is 5.25. The van der Waals surface area contributed by atoms with E-state index in [-0.39, 0.29) is 5.60 Å². The number of morpholine rings is 1. The molecule has 0 saturated carbocycles. The molecule has 1 spiro atoms. The lowest BCUT2D eigenvalue weighted by atomic mass is 9.91. The smallest absolute Gasteiger partial charge is 0.0832 e. The van der Waals surface area contributed by atoms with Crippen molar-refractivity contribution in [2.45, 2.75) is 18.4 Å². The Balaban J connectivity index is 1.92. The van der Waals surface area contributed by atoms with E-state index in [2.05, 4.69) is 5.32 Å². The lowest BCUT2D eigenvalue weighted by Gasteiger charge is -2.42. The van der Waals surface area contributed by atoms with Crippen molar-refractivity contribution < 1.29 is 4.74 Å². The van der Waals surface area contributed by atoms with Crippen molar-refractivity contribution in [3.8, 4) is 0 Å². The first-order chi connectivity index (χ1) is 5.81. The fourth-order valence-corrected chi connectivity index (χ4v) is 1.96. The minimum atomic E-state index is 0.105. The number of nitrogens with zero attached hydrogens (tertiary/aromatic N) is 1. The van der Waals surface area contributed by atoms with Gasteiger partial charge in [0.2, 0.25) is 0 Å². The molecule has 0 bridgehead atoms. The SMILES string of the molecule is NN1CCC2(CC1)CNCCO2. The predicted molar refractivity (Wildman–Crippen MR) is 46.5 cm³/mol. The number of nitrogens with one attached hydrogen (secondary N) is 1. The minimum absolute atomic E-state index is 0.105. The van der Waals surface area contributed by atoms with Crippen LogP contribution in [0, 0.1) is 0 Å². The highest BCUT2D eigenvalue weighted by Crippen LogP contribution is 2.25. The quantitative estimate of drug-likeness (QED) is 0.474. The molecule has 3 N–H and O–H groups in total. The van der Waals surface area contributed by atoms with Crippen LogP contribution in [0.4, 0.5) is 0 Å². The number of piperidine rings is 1.